The molecule has 0 saturated heterocycles. The highest BCUT2D eigenvalue weighted by Crippen LogP contribution is 2.27. The van der Waals surface area contributed by atoms with Gasteiger partial charge in [-0.25, -0.2) is 4.99 Å². The molecule has 2 N–H and O–H groups in total. The molecule has 116 valence electrons. The van der Waals surface area contributed by atoms with Crippen molar-refractivity contribution in [2.45, 2.75) is 5.75 Å². The van der Waals surface area contributed by atoms with Crippen LogP contribution in [0.5, 0.6) is 5.75 Å². The van der Waals surface area contributed by atoms with Crippen molar-refractivity contribution < 1.29 is 4.74 Å². The molecule has 0 heterocycles. The highest BCUT2D eigenvalue weighted by atomic mass is 35.5. The number of thiol groups is 1. The first-order valence-corrected chi connectivity index (χ1v) is 7.67. The van der Waals surface area contributed by atoms with Crippen molar-refractivity contribution in [1.82, 2.24) is 0 Å². The van der Waals surface area contributed by atoms with E-state index in [2.05, 4.69) is 17.6 Å². The van der Waals surface area contributed by atoms with Crippen LogP contribution in [0.1, 0.15) is 5.56 Å². The molecule has 2 aromatic rings. The number of anilines is 1. The monoisotopic (exact) mass is 335 g/mol. The lowest BCUT2D eigenvalue weighted by Gasteiger charge is -2.19. The third kappa shape index (κ3) is 3.87. The fourth-order valence-corrected chi connectivity index (χ4v) is 2.25. The van der Waals surface area contributed by atoms with Gasteiger partial charge in [-0.05, 0) is 29.8 Å². The van der Waals surface area contributed by atoms with Gasteiger partial charge in [-0.1, -0.05) is 23.7 Å². The number of hydrogen-bond acceptors (Lipinski definition) is 3. The molecule has 0 aliphatic carbocycles. The topological polar surface area (TPSA) is 50.9 Å². The fraction of sp³-hybridized carbons (Fsp3) is 0.188. The van der Waals surface area contributed by atoms with Crippen LogP contribution in [0.15, 0.2) is 47.5 Å². The molecule has 0 saturated carbocycles. The van der Waals surface area contributed by atoms with E-state index in [-0.39, 0.29) is 0 Å². The molecule has 0 radical (unpaired) electrons. The summed E-state index contributed by atoms with van der Waals surface area (Å²) in [5.74, 6) is 1.71. The standard InChI is InChI=1S/C16H18ClN3OS/c1-20(12-4-3-5-13(9-12)21-2)16(18)19-15-8-11(10-22)6-7-14(15)17/h3-9,22H,10H2,1-2H3,(H2,18,19). The minimum atomic E-state index is 0.339. The molecule has 0 unspecified atom stereocenters. The molecule has 22 heavy (non-hydrogen) atoms. The minimum Gasteiger partial charge on any atom is -0.497 e. The molecule has 0 aromatic heterocycles. The zero-order chi connectivity index (χ0) is 16.1. The second-order valence-electron chi connectivity index (χ2n) is 4.67. The Morgan fingerprint density at radius 3 is 2.77 bits per heavy atom. The third-order valence-corrected chi connectivity index (χ3v) is 3.90. The normalized spacial score (nSPS) is 11.4. The van der Waals surface area contributed by atoms with Crippen LogP contribution in [-0.2, 0) is 5.75 Å². The maximum Gasteiger partial charge on any atom is 0.200 e. The smallest absolute Gasteiger partial charge is 0.200 e. The first kappa shape index (κ1) is 16.5. The molecular formula is C16H18ClN3OS. The number of aliphatic imine (C=N–C) groups is 1. The van der Waals surface area contributed by atoms with E-state index < -0.39 is 0 Å². The zero-order valence-corrected chi connectivity index (χ0v) is 14.1. The van der Waals surface area contributed by atoms with E-state index >= 15 is 0 Å². The summed E-state index contributed by atoms with van der Waals surface area (Å²) in [5.41, 5.74) is 8.62. The van der Waals surface area contributed by atoms with Crippen molar-refractivity contribution in [2.24, 2.45) is 10.7 Å². The van der Waals surface area contributed by atoms with Gasteiger partial charge in [0.1, 0.15) is 5.75 Å². The van der Waals surface area contributed by atoms with Crippen molar-refractivity contribution in [1.29, 1.82) is 0 Å². The van der Waals surface area contributed by atoms with Gasteiger partial charge in [0.25, 0.3) is 0 Å². The summed E-state index contributed by atoms with van der Waals surface area (Å²) in [4.78, 5) is 6.18. The van der Waals surface area contributed by atoms with Crippen LogP contribution in [0, 0.1) is 0 Å². The van der Waals surface area contributed by atoms with Crippen molar-refractivity contribution in [2.75, 3.05) is 19.1 Å². The van der Waals surface area contributed by atoms with Crippen LogP contribution >= 0.6 is 24.2 Å². The number of benzene rings is 2. The molecule has 0 spiro atoms. The van der Waals surface area contributed by atoms with E-state index in [0.717, 1.165) is 17.0 Å². The molecule has 2 rings (SSSR count). The Morgan fingerprint density at radius 2 is 2.09 bits per heavy atom. The Balaban J connectivity index is 2.31. The van der Waals surface area contributed by atoms with Gasteiger partial charge in [0.05, 0.1) is 17.8 Å². The van der Waals surface area contributed by atoms with E-state index in [0.29, 0.717) is 22.4 Å². The molecule has 0 fully saturated rings. The zero-order valence-electron chi connectivity index (χ0n) is 12.5. The summed E-state index contributed by atoms with van der Waals surface area (Å²) in [5, 5.41) is 0.549. The van der Waals surface area contributed by atoms with Gasteiger partial charge in [-0.2, -0.15) is 12.6 Å². The maximum absolute atomic E-state index is 6.17. The van der Waals surface area contributed by atoms with Crippen LogP contribution in [0.4, 0.5) is 11.4 Å². The van der Waals surface area contributed by atoms with Crippen molar-refractivity contribution in [3.63, 3.8) is 0 Å². The number of halogens is 1. The molecule has 0 amide bonds. The van der Waals surface area contributed by atoms with Crippen LogP contribution in [0.2, 0.25) is 5.02 Å². The molecule has 0 aliphatic rings. The molecular weight excluding hydrogens is 318 g/mol. The lowest BCUT2D eigenvalue weighted by molar-refractivity contribution is 0.415. The highest BCUT2D eigenvalue weighted by Gasteiger charge is 2.08. The van der Waals surface area contributed by atoms with Gasteiger partial charge >= 0.3 is 0 Å². The van der Waals surface area contributed by atoms with Crippen molar-refractivity contribution in [3.05, 3.63) is 53.1 Å². The Kier molecular flexibility index (Phi) is 5.57. The summed E-state index contributed by atoms with van der Waals surface area (Å²) < 4.78 is 5.22. The number of hydrogen-bond donors (Lipinski definition) is 2. The number of rotatable bonds is 4. The van der Waals surface area contributed by atoms with Gasteiger partial charge in [0, 0.05) is 24.6 Å². The number of guanidine groups is 1. The Bertz CT molecular complexity index is 691. The van der Waals surface area contributed by atoms with E-state index in [4.69, 9.17) is 22.1 Å². The molecule has 2 aromatic carbocycles. The summed E-state index contributed by atoms with van der Waals surface area (Å²) in [6, 6.07) is 13.2. The predicted octanol–water partition coefficient (Wildman–Crippen LogP) is 3.86. The maximum atomic E-state index is 6.17. The predicted molar refractivity (Wildman–Crippen MR) is 96.8 cm³/mol. The quantitative estimate of drug-likeness (QED) is 0.507. The number of nitrogens with two attached hydrogens (primary N) is 1. The van der Waals surface area contributed by atoms with Crippen LogP contribution < -0.4 is 15.4 Å². The fourth-order valence-electron chi connectivity index (χ4n) is 1.89. The lowest BCUT2D eigenvalue weighted by Crippen LogP contribution is -2.33. The summed E-state index contributed by atoms with van der Waals surface area (Å²) in [7, 11) is 3.46. The summed E-state index contributed by atoms with van der Waals surface area (Å²) >= 11 is 10.4. The number of ether oxygens (including phenoxy) is 1. The van der Waals surface area contributed by atoms with Crippen molar-refractivity contribution in [3.8, 4) is 5.75 Å². The van der Waals surface area contributed by atoms with Crippen LogP contribution in [-0.4, -0.2) is 20.1 Å². The van der Waals surface area contributed by atoms with Gasteiger partial charge in [-0.15, -0.1) is 0 Å². The van der Waals surface area contributed by atoms with E-state index in [9.17, 15) is 0 Å². The number of methoxy groups -OCH3 is 1. The van der Waals surface area contributed by atoms with E-state index in [1.807, 2.05) is 43.4 Å². The molecule has 0 bridgehead atoms. The Hall–Kier alpha value is -1.85. The first-order valence-electron chi connectivity index (χ1n) is 6.66. The largest absolute Gasteiger partial charge is 0.497 e. The molecule has 0 atom stereocenters. The molecule has 0 aliphatic heterocycles. The van der Waals surface area contributed by atoms with Gasteiger partial charge in [0.15, 0.2) is 0 Å². The second-order valence-corrected chi connectivity index (χ2v) is 5.40. The van der Waals surface area contributed by atoms with Crippen molar-refractivity contribution >= 4 is 41.6 Å². The van der Waals surface area contributed by atoms with Gasteiger partial charge in [0.2, 0.25) is 5.96 Å². The second kappa shape index (κ2) is 7.42. The minimum absolute atomic E-state index is 0.339. The highest BCUT2D eigenvalue weighted by molar-refractivity contribution is 7.79. The van der Waals surface area contributed by atoms with E-state index in [1.54, 1.807) is 18.1 Å². The van der Waals surface area contributed by atoms with Gasteiger partial charge < -0.3 is 15.4 Å². The van der Waals surface area contributed by atoms with Crippen LogP contribution in [0.25, 0.3) is 0 Å². The van der Waals surface area contributed by atoms with Gasteiger partial charge in [-0.3, -0.25) is 0 Å². The summed E-state index contributed by atoms with van der Waals surface area (Å²) in [6.07, 6.45) is 0. The third-order valence-electron chi connectivity index (χ3n) is 3.21. The molecule has 6 heteroatoms. The SMILES string of the molecule is COc1cccc(N(C)C(N)=Nc2cc(CS)ccc2Cl)c1. The number of nitrogens with zero attached hydrogens (tertiary/aromatic N) is 2. The Labute approximate surface area is 141 Å². The summed E-state index contributed by atoms with van der Waals surface area (Å²) in [6.45, 7) is 0. The average Bonchev–Trinajstić information content (AvgIpc) is 2.56. The first-order chi connectivity index (χ1) is 10.5. The Morgan fingerprint density at radius 1 is 1.32 bits per heavy atom. The lowest BCUT2D eigenvalue weighted by atomic mass is 10.2. The van der Waals surface area contributed by atoms with Crippen LogP contribution in [0.3, 0.4) is 0 Å². The average molecular weight is 336 g/mol. The molecule has 4 nitrogen and oxygen atoms in total. The van der Waals surface area contributed by atoms with E-state index in [1.165, 1.54) is 0 Å².